The maximum absolute atomic E-state index is 11.1. The third kappa shape index (κ3) is 4.84. The number of carboxylic acid groups (broad SMARTS) is 1. The summed E-state index contributed by atoms with van der Waals surface area (Å²) in [6.45, 7) is 0. The van der Waals surface area contributed by atoms with Gasteiger partial charge in [-0.3, -0.25) is 0 Å². The number of aromatic hydroxyl groups is 2. The molecule has 2 aromatic rings. The maximum atomic E-state index is 11.1. The van der Waals surface area contributed by atoms with Crippen LogP contribution in [0.2, 0.25) is 0 Å². The molecule has 3 rings (SSSR count). The number of benzene rings is 2. The number of aliphatic hydroxyl groups excluding tert-OH is 3. The molecule has 0 amide bonds. The molecule has 1 aliphatic rings. The molecule has 0 bridgehead atoms. The molecule has 1 heterocycles. The minimum Gasteiger partial charge on any atom is -0.508 e. The van der Waals surface area contributed by atoms with E-state index in [-0.39, 0.29) is 17.2 Å². The van der Waals surface area contributed by atoms with Crippen molar-refractivity contribution in [2.24, 2.45) is 0 Å². The Morgan fingerprint density at radius 1 is 0.862 bits per heavy atom. The topological polar surface area (TPSA) is 157 Å². The molecule has 0 radical (unpaired) electrons. The molecule has 0 aromatic heterocycles. The summed E-state index contributed by atoms with van der Waals surface area (Å²) in [6, 6.07) is 10.6. The molecule has 2 aromatic carbocycles. The van der Waals surface area contributed by atoms with Crippen molar-refractivity contribution in [2.45, 2.75) is 30.7 Å². The summed E-state index contributed by atoms with van der Waals surface area (Å²) >= 11 is 0. The molecule has 0 aliphatic carbocycles. The van der Waals surface area contributed by atoms with E-state index < -0.39 is 36.7 Å². The van der Waals surface area contributed by atoms with Crippen molar-refractivity contribution in [1.29, 1.82) is 0 Å². The molecule has 1 saturated heterocycles. The van der Waals surface area contributed by atoms with Gasteiger partial charge in [-0.15, -0.1) is 0 Å². The van der Waals surface area contributed by atoms with Gasteiger partial charge in [0.2, 0.25) is 6.29 Å². The molecule has 9 nitrogen and oxygen atoms in total. The lowest BCUT2D eigenvalue weighted by Crippen LogP contribution is -2.61. The predicted molar refractivity (Wildman–Crippen MR) is 100 cm³/mol. The monoisotopic (exact) mass is 404 g/mol. The van der Waals surface area contributed by atoms with E-state index in [1.54, 1.807) is 36.4 Å². The highest BCUT2D eigenvalue weighted by Crippen LogP contribution is 2.26. The van der Waals surface area contributed by atoms with Gasteiger partial charge in [-0.05, 0) is 35.4 Å². The van der Waals surface area contributed by atoms with Crippen LogP contribution in [0, 0.1) is 0 Å². The number of aliphatic carboxylic acids is 1. The largest absolute Gasteiger partial charge is 0.508 e. The first-order valence-electron chi connectivity index (χ1n) is 8.65. The van der Waals surface area contributed by atoms with Crippen LogP contribution in [0.25, 0.3) is 12.2 Å². The number of ether oxygens (including phenoxy) is 2. The third-order valence-corrected chi connectivity index (χ3v) is 4.34. The van der Waals surface area contributed by atoms with Crippen LogP contribution in [0.1, 0.15) is 11.1 Å². The fourth-order valence-corrected chi connectivity index (χ4v) is 2.85. The van der Waals surface area contributed by atoms with Gasteiger partial charge in [-0.25, -0.2) is 4.79 Å². The Kier molecular flexibility index (Phi) is 6.04. The fraction of sp³-hybridized carbons (Fsp3) is 0.250. The van der Waals surface area contributed by atoms with E-state index in [1.165, 1.54) is 18.2 Å². The van der Waals surface area contributed by atoms with E-state index in [0.29, 0.717) is 5.56 Å². The average Bonchev–Trinajstić information content (AvgIpc) is 2.67. The van der Waals surface area contributed by atoms with E-state index in [4.69, 9.17) is 14.6 Å². The van der Waals surface area contributed by atoms with Gasteiger partial charge in [0.1, 0.15) is 35.6 Å². The predicted octanol–water partition coefficient (Wildman–Crippen LogP) is 0.539. The van der Waals surface area contributed by atoms with Crippen LogP contribution in [-0.2, 0) is 9.53 Å². The van der Waals surface area contributed by atoms with Crippen molar-refractivity contribution in [3.8, 4) is 17.2 Å². The average molecular weight is 404 g/mol. The van der Waals surface area contributed by atoms with Gasteiger partial charge >= 0.3 is 5.97 Å². The van der Waals surface area contributed by atoms with Crippen LogP contribution in [0.15, 0.2) is 42.5 Å². The normalized spacial score (nSPS) is 27.1. The van der Waals surface area contributed by atoms with Crippen LogP contribution in [-0.4, -0.2) is 67.3 Å². The highest BCUT2D eigenvalue weighted by atomic mass is 16.7. The molecule has 9 heteroatoms. The lowest BCUT2D eigenvalue weighted by Gasteiger charge is -2.38. The van der Waals surface area contributed by atoms with Gasteiger partial charge in [0.25, 0.3) is 0 Å². The third-order valence-electron chi connectivity index (χ3n) is 4.34. The van der Waals surface area contributed by atoms with Crippen molar-refractivity contribution < 1.29 is 44.9 Å². The Labute approximate surface area is 165 Å². The quantitative estimate of drug-likeness (QED) is 0.391. The minimum absolute atomic E-state index is 0.0635. The summed E-state index contributed by atoms with van der Waals surface area (Å²) in [7, 11) is 0. The van der Waals surface area contributed by atoms with Crippen molar-refractivity contribution in [3.63, 3.8) is 0 Å². The highest BCUT2D eigenvalue weighted by molar-refractivity contribution is 5.73. The van der Waals surface area contributed by atoms with E-state index in [9.17, 15) is 30.3 Å². The number of rotatable bonds is 5. The Morgan fingerprint density at radius 3 is 2.03 bits per heavy atom. The first-order valence-corrected chi connectivity index (χ1v) is 8.65. The Morgan fingerprint density at radius 2 is 1.45 bits per heavy atom. The number of carboxylic acids is 1. The van der Waals surface area contributed by atoms with E-state index in [0.717, 1.165) is 5.56 Å². The van der Waals surface area contributed by atoms with Crippen molar-refractivity contribution in [1.82, 2.24) is 0 Å². The SMILES string of the molecule is O=C(O)C1O[C@H](Oc2ccc(C=Cc3cc(O)cc(O)c3)cc2)C(O)C(O)[C@H]1O. The molecule has 1 fully saturated rings. The minimum atomic E-state index is -1.79. The molecule has 154 valence electrons. The lowest BCUT2D eigenvalue weighted by molar-refractivity contribution is -0.271. The van der Waals surface area contributed by atoms with Gasteiger partial charge in [-0.1, -0.05) is 24.3 Å². The fourth-order valence-electron chi connectivity index (χ4n) is 2.85. The first-order chi connectivity index (χ1) is 13.7. The van der Waals surface area contributed by atoms with E-state index in [2.05, 4.69) is 0 Å². The van der Waals surface area contributed by atoms with Gasteiger partial charge in [-0.2, -0.15) is 0 Å². The molecular formula is C20H20O9. The zero-order valence-electron chi connectivity index (χ0n) is 15.0. The molecule has 6 N–H and O–H groups in total. The Bertz CT molecular complexity index is 873. The molecule has 29 heavy (non-hydrogen) atoms. The number of hydrogen-bond acceptors (Lipinski definition) is 8. The van der Waals surface area contributed by atoms with Gasteiger partial charge < -0.3 is 40.1 Å². The smallest absolute Gasteiger partial charge is 0.335 e. The number of phenols is 2. The van der Waals surface area contributed by atoms with Gasteiger partial charge in [0.15, 0.2) is 6.10 Å². The Hall–Kier alpha value is -3.11. The number of phenolic OH excluding ortho intramolecular Hbond substituents is 2. The molecule has 0 spiro atoms. The standard InChI is InChI=1S/C20H20O9/c21-12-7-11(8-13(22)9-12)2-1-10-3-5-14(6-4-10)28-20-17(25)15(23)16(24)18(29-20)19(26)27/h1-9,15-18,20-25H,(H,26,27)/t15?,16-,17?,18?,20+/m1/s1. The number of carbonyl (C=O) groups is 1. The summed E-state index contributed by atoms with van der Waals surface area (Å²) < 4.78 is 10.5. The zero-order chi connectivity index (χ0) is 21.1. The summed E-state index contributed by atoms with van der Waals surface area (Å²) in [5, 5.41) is 57.5. The van der Waals surface area contributed by atoms with Crippen LogP contribution in [0.4, 0.5) is 0 Å². The van der Waals surface area contributed by atoms with Crippen LogP contribution < -0.4 is 4.74 Å². The Balaban J connectivity index is 1.68. The molecule has 5 atom stereocenters. The molecular weight excluding hydrogens is 384 g/mol. The molecule has 0 saturated carbocycles. The molecule has 1 aliphatic heterocycles. The summed E-state index contributed by atoms with van der Waals surface area (Å²) in [5.74, 6) is -1.37. The second-order valence-corrected chi connectivity index (χ2v) is 6.54. The molecule has 3 unspecified atom stereocenters. The number of aliphatic hydroxyl groups is 3. The van der Waals surface area contributed by atoms with E-state index >= 15 is 0 Å². The van der Waals surface area contributed by atoms with Gasteiger partial charge in [0, 0.05) is 6.07 Å². The summed E-state index contributed by atoms with van der Waals surface area (Å²) in [6.07, 6.45) is -4.98. The van der Waals surface area contributed by atoms with Crippen LogP contribution in [0.3, 0.4) is 0 Å². The first kappa shape index (κ1) is 20.6. The van der Waals surface area contributed by atoms with Crippen molar-refractivity contribution in [3.05, 3.63) is 53.6 Å². The summed E-state index contributed by atoms with van der Waals surface area (Å²) in [5.41, 5.74) is 1.35. The second kappa shape index (κ2) is 8.50. The van der Waals surface area contributed by atoms with Crippen LogP contribution >= 0.6 is 0 Å². The number of hydrogen-bond donors (Lipinski definition) is 6. The lowest BCUT2D eigenvalue weighted by atomic mass is 9.99. The van der Waals surface area contributed by atoms with Crippen molar-refractivity contribution in [2.75, 3.05) is 0 Å². The zero-order valence-corrected chi connectivity index (χ0v) is 15.0. The maximum Gasteiger partial charge on any atom is 0.335 e. The van der Waals surface area contributed by atoms with E-state index in [1.807, 2.05) is 0 Å². The van der Waals surface area contributed by atoms with Crippen molar-refractivity contribution >= 4 is 18.1 Å². The summed E-state index contributed by atoms with van der Waals surface area (Å²) in [4.78, 5) is 11.1. The second-order valence-electron chi connectivity index (χ2n) is 6.54. The highest BCUT2D eigenvalue weighted by Gasteiger charge is 2.48. The van der Waals surface area contributed by atoms with Crippen LogP contribution in [0.5, 0.6) is 17.2 Å². The van der Waals surface area contributed by atoms with Gasteiger partial charge in [0.05, 0.1) is 0 Å².